The smallest absolute Gasteiger partial charge is 0.235 e. The van der Waals surface area contributed by atoms with Crippen LogP contribution in [0.3, 0.4) is 0 Å². The molecule has 13 aromatic rings. The van der Waals surface area contributed by atoms with Gasteiger partial charge in [0.2, 0.25) is 5.95 Å². The number of para-hydroxylation sites is 4. The normalized spacial score (nSPS) is 11.7. The van der Waals surface area contributed by atoms with Gasteiger partial charge in [-0.3, -0.25) is 4.90 Å². The van der Waals surface area contributed by atoms with Crippen LogP contribution in [0.4, 0.5) is 34.4 Å². The van der Waals surface area contributed by atoms with E-state index in [-0.39, 0.29) is 0 Å². The predicted octanol–water partition coefficient (Wildman–Crippen LogP) is 17.1. The molecule has 80 heavy (non-hydrogen) atoms. The van der Waals surface area contributed by atoms with Crippen molar-refractivity contribution in [2.24, 2.45) is 0 Å². The highest BCUT2D eigenvalue weighted by Crippen LogP contribution is 2.57. The number of fused-ring (bicyclic) bond motifs is 2. The van der Waals surface area contributed by atoms with Crippen LogP contribution in [0.15, 0.2) is 279 Å². The lowest BCUT2D eigenvalue weighted by Gasteiger charge is -2.40. The molecule has 3 aromatic heterocycles. The number of hydrogen-bond acceptors (Lipinski definition) is 10. The Morgan fingerprint density at radius 2 is 0.500 bits per heavy atom. The van der Waals surface area contributed by atoms with E-state index in [4.69, 9.17) is 39.9 Å². The van der Waals surface area contributed by atoms with Crippen LogP contribution in [0.25, 0.3) is 102 Å². The molecule has 0 fully saturated rings. The molecule has 1 aliphatic heterocycles. The average Bonchev–Trinajstić information content (AvgIpc) is 3.66. The molecule has 0 radical (unpaired) electrons. The van der Waals surface area contributed by atoms with Crippen molar-refractivity contribution in [1.82, 2.24) is 39.9 Å². The molecule has 0 saturated heterocycles. The molecule has 0 aliphatic carbocycles. The molecule has 0 spiro atoms. The van der Waals surface area contributed by atoms with E-state index in [9.17, 15) is 0 Å². The first kappa shape index (κ1) is 47.4. The zero-order valence-corrected chi connectivity index (χ0v) is 43.0. The molecule has 376 valence electrons. The molecule has 0 N–H and O–H groups in total. The van der Waals surface area contributed by atoms with E-state index in [1.54, 1.807) is 0 Å². The van der Waals surface area contributed by atoms with E-state index in [1.165, 1.54) is 0 Å². The molecule has 10 heteroatoms. The largest absolute Gasteiger partial charge is 0.306 e. The molecule has 10 nitrogen and oxygen atoms in total. The van der Waals surface area contributed by atoms with Crippen molar-refractivity contribution in [2.45, 2.75) is 0 Å². The third kappa shape index (κ3) is 8.98. The summed E-state index contributed by atoms with van der Waals surface area (Å²) >= 11 is 0. The van der Waals surface area contributed by atoms with Gasteiger partial charge in [0.25, 0.3) is 0 Å². The van der Waals surface area contributed by atoms with Crippen LogP contribution >= 0.6 is 0 Å². The number of aromatic nitrogens is 8. The fourth-order valence-electron chi connectivity index (χ4n) is 10.4. The first-order valence-electron chi connectivity index (χ1n) is 26.4. The average molecular weight is 1030 g/mol. The number of rotatable bonds is 11. The van der Waals surface area contributed by atoms with Gasteiger partial charge < -0.3 is 4.90 Å². The highest BCUT2D eigenvalue weighted by Gasteiger charge is 2.35. The number of nitrogens with zero attached hydrogens (tertiary/aromatic N) is 10. The third-order valence-corrected chi connectivity index (χ3v) is 14.1. The lowest BCUT2D eigenvalue weighted by Crippen LogP contribution is -2.26. The zero-order chi connectivity index (χ0) is 53.2. The van der Waals surface area contributed by atoms with Crippen molar-refractivity contribution in [2.75, 3.05) is 9.80 Å². The van der Waals surface area contributed by atoms with Gasteiger partial charge in [-0.15, -0.1) is 0 Å². The van der Waals surface area contributed by atoms with Crippen LogP contribution in [-0.4, -0.2) is 39.9 Å². The lowest BCUT2D eigenvalue weighted by molar-refractivity contribution is 1.05. The summed E-state index contributed by atoms with van der Waals surface area (Å²) in [5.41, 5.74) is 14.5. The van der Waals surface area contributed by atoms with Crippen molar-refractivity contribution < 1.29 is 0 Å². The van der Waals surface area contributed by atoms with E-state index >= 15 is 0 Å². The molecule has 10 aromatic carbocycles. The maximum Gasteiger partial charge on any atom is 0.235 e. The SMILES string of the molecule is c1ccc(-c2cc(-c3ccccc3)nc(N3c4ccccc4N(c4ccc(-c5nc(-c6ccccc6)nc(-c6ccccc6)n5)c(-c5ccccc5)c4-c4nc(-c5ccccc5)nc(-c5ccccc5)n4)c4ccccc43)n2)cc1. The molecule has 0 unspecified atom stereocenters. The Bertz CT molecular complexity index is 4120. The molecular formula is C70H46N10. The zero-order valence-electron chi connectivity index (χ0n) is 43.0. The Balaban J connectivity index is 1.07. The monoisotopic (exact) mass is 1030 g/mol. The quantitative estimate of drug-likeness (QED) is 0.124. The molecule has 1 aliphatic rings. The molecular weight excluding hydrogens is 981 g/mol. The van der Waals surface area contributed by atoms with Gasteiger partial charge in [0.1, 0.15) is 0 Å². The molecule has 0 bridgehead atoms. The van der Waals surface area contributed by atoms with Crippen LogP contribution in [0.2, 0.25) is 0 Å². The first-order valence-corrected chi connectivity index (χ1v) is 26.4. The van der Waals surface area contributed by atoms with E-state index < -0.39 is 0 Å². The predicted molar refractivity (Wildman–Crippen MR) is 321 cm³/mol. The summed E-state index contributed by atoms with van der Waals surface area (Å²) in [4.78, 5) is 47.4. The summed E-state index contributed by atoms with van der Waals surface area (Å²) in [6.45, 7) is 0. The van der Waals surface area contributed by atoms with Crippen LogP contribution in [0.5, 0.6) is 0 Å². The minimum Gasteiger partial charge on any atom is -0.306 e. The Morgan fingerprint density at radius 1 is 0.200 bits per heavy atom. The van der Waals surface area contributed by atoms with Gasteiger partial charge >= 0.3 is 0 Å². The fourth-order valence-corrected chi connectivity index (χ4v) is 10.4. The van der Waals surface area contributed by atoms with E-state index in [0.29, 0.717) is 40.9 Å². The minimum atomic E-state index is 0.456. The summed E-state index contributed by atoms with van der Waals surface area (Å²) in [5.74, 6) is 3.62. The molecule has 0 atom stereocenters. The van der Waals surface area contributed by atoms with Crippen molar-refractivity contribution in [3.05, 3.63) is 279 Å². The van der Waals surface area contributed by atoms with Crippen LogP contribution < -0.4 is 9.80 Å². The van der Waals surface area contributed by atoms with Crippen LogP contribution in [-0.2, 0) is 0 Å². The van der Waals surface area contributed by atoms with Gasteiger partial charge in [0.15, 0.2) is 34.9 Å². The Hall–Kier alpha value is -11.1. The Labute approximate surface area is 462 Å². The van der Waals surface area contributed by atoms with Crippen molar-refractivity contribution >= 4 is 34.4 Å². The maximum absolute atomic E-state index is 5.53. The van der Waals surface area contributed by atoms with Crippen LogP contribution in [0, 0.1) is 0 Å². The summed E-state index contributed by atoms with van der Waals surface area (Å²) in [5, 5.41) is 0. The van der Waals surface area contributed by atoms with Gasteiger partial charge in [-0.25, -0.2) is 39.9 Å². The number of benzene rings is 10. The summed E-state index contributed by atoms with van der Waals surface area (Å²) < 4.78 is 0. The van der Waals surface area contributed by atoms with Crippen LogP contribution in [0.1, 0.15) is 0 Å². The number of anilines is 6. The highest BCUT2D eigenvalue weighted by atomic mass is 15.3. The Kier molecular flexibility index (Phi) is 12.3. The van der Waals surface area contributed by atoms with Crippen molar-refractivity contribution in [1.29, 1.82) is 0 Å². The summed E-state index contributed by atoms with van der Waals surface area (Å²) in [6, 6.07) is 94.5. The van der Waals surface area contributed by atoms with Gasteiger partial charge in [0, 0.05) is 44.5 Å². The Morgan fingerprint density at radius 3 is 0.875 bits per heavy atom. The standard InChI is InChI=1S/C70H46N10/c1-8-26-47(27-9-1)55-46-56(48-28-10-2-11-29-48)72-70(71-55)80-59-42-24-22-40-57(59)79(58-41-23-25-43-60(58)80)61-45-44-54(68-75-64(50-32-14-4-15-33-50)73-65(76-68)51-34-16-5-17-35-51)62(49-30-12-3-13-31-49)63(61)69-77-66(52-36-18-6-19-37-52)74-67(78-69)53-38-20-7-21-39-53/h1-46H. The van der Waals surface area contributed by atoms with Gasteiger partial charge in [0.05, 0.1) is 45.4 Å². The third-order valence-electron chi connectivity index (χ3n) is 14.1. The first-order chi connectivity index (χ1) is 39.7. The maximum atomic E-state index is 5.53. The van der Waals surface area contributed by atoms with Gasteiger partial charge in [-0.1, -0.05) is 237 Å². The highest BCUT2D eigenvalue weighted by molar-refractivity contribution is 6.07. The second-order valence-corrected chi connectivity index (χ2v) is 19.1. The van der Waals surface area contributed by atoms with E-state index in [2.05, 4.69) is 125 Å². The van der Waals surface area contributed by atoms with Gasteiger partial charge in [-0.2, -0.15) is 0 Å². The molecule has 0 saturated carbocycles. The second-order valence-electron chi connectivity index (χ2n) is 19.1. The fraction of sp³-hybridized carbons (Fsp3) is 0. The summed E-state index contributed by atoms with van der Waals surface area (Å²) in [7, 11) is 0. The summed E-state index contributed by atoms with van der Waals surface area (Å²) in [6.07, 6.45) is 0. The van der Waals surface area contributed by atoms with Gasteiger partial charge in [-0.05, 0) is 48.0 Å². The second kappa shape index (κ2) is 20.8. The van der Waals surface area contributed by atoms with E-state index in [1.807, 2.05) is 164 Å². The van der Waals surface area contributed by atoms with E-state index in [0.717, 1.165) is 95.5 Å². The lowest BCUT2D eigenvalue weighted by atomic mass is 9.90. The minimum absolute atomic E-state index is 0.456. The molecule has 0 amide bonds. The van der Waals surface area contributed by atoms with Crippen molar-refractivity contribution in [3.63, 3.8) is 0 Å². The molecule has 14 rings (SSSR count). The number of hydrogen-bond donors (Lipinski definition) is 0. The van der Waals surface area contributed by atoms with Crippen molar-refractivity contribution in [3.8, 4) is 102 Å². The topological polar surface area (TPSA) is 110 Å². The molecule has 4 heterocycles.